The Kier molecular flexibility index (Phi) is 3.77. The van der Waals surface area contributed by atoms with Crippen LogP contribution in [0.25, 0.3) is 22.1 Å². The number of hydrogen-bond acceptors (Lipinski definition) is 8. The molecular weight excluding hydrogens is 376 g/mol. The Labute approximate surface area is 153 Å². The van der Waals surface area contributed by atoms with Gasteiger partial charge >= 0.3 is 0 Å². The van der Waals surface area contributed by atoms with Crippen molar-refractivity contribution in [2.75, 3.05) is 0 Å². The van der Waals surface area contributed by atoms with Crippen molar-refractivity contribution in [1.29, 1.82) is 0 Å². The quantitative estimate of drug-likeness (QED) is 0.369. The fourth-order valence-electron chi connectivity index (χ4n) is 2.31. The molecule has 4 nitrogen and oxygen atoms in total. The first-order valence-electron chi connectivity index (χ1n) is 7.09. The lowest BCUT2D eigenvalue weighted by Gasteiger charge is -2.13. The van der Waals surface area contributed by atoms with Gasteiger partial charge in [-0.25, -0.2) is 19.9 Å². The number of benzene rings is 2. The number of fused-ring (bicyclic) bond motifs is 4. The highest BCUT2D eigenvalue weighted by Gasteiger charge is 2.20. The molecule has 0 fully saturated rings. The van der Waals surface area contributed by atoms with Gasteiger partial charge in [-0.15, -0.1) is 0 Å². The molecular formula is C16H8N4S4. The standard InChI is InChI=1S/C16H8N4S4/c1-2-6-10-9(5-1)17-13-14(18-10)22-24-16-15(23-21-13)19-11-7-3-4-8-12(11)20-16/h1-8H. The summed E-state index contributed by atoms with van der Waals surface area (Å²) < 4.78 is 0. The molecule has 2 aromatic carbocycles. The van der Waals surface area contributed by atoms with Crippen molar-refractivity contribution in [2.24, 2.45) is 0 Å². The van der Waals surface area contributed by atoms with Gasteiger partial charge in [-0.05, 0) is 67.4 Å². The average molecular weight is 385 g/mol. The van der Waals surface area contributed by atoms with Crippen LogP contribution in [0.1, 0.15) is 0 Å². The van der Waals surface area contributed by atoms with Gasteiger partial charge in [0.25, 0.3) is 0 Å². The number of para-hydroxylation sites is 4. The summed E-state index contributed by atoms with van der Waals surface area (Å²) >= 11 is 0. The van der Waals surface area contributed by atoms with Crippen molar-refractivity contribution < 1.29 is 0 Å². The summed E-state index contributed by atoms with van der Waals surface area (Å²) in [5.41, 5.74) is 3.67. The second kappa shape index (κ2) is 6.11. The van der Waals surface area contributed by atoms with Gasteiger partial charge in [0.15, 0.2) is 0 Å². The van der Waals surface area contributed by atoms with Gasteiger partial charge in [-0.1, -0.05) is 24.3 Å². The zero-order valence-corrected chi connectivity index (χ0v) is 15.3. The molecule has 0 aliphatic carbocycles. The van der Waals surface area contributed by atoms with Crippen LogP contribution in [0, 0.1) is 0 Å². The van der Waals surface area contributed by atoms with E-state index in [-0.39, 0.29) is 0 Å². The Morgan fingerprint density at radius 2 is 0.667 bits per heavy atom. The summed E-state index contributed by atoms with van der Waals surface area (Å²) in [5, 5.41) is 3.71. The van der Waals surface area contributed by atoms with Gasteiger partial charge in [0.2, 0.25) is 0 Å². The summed E-state index contributed by atoms with van der Waals surface area (Å²) in [7, 11) is 6.38. The Morgan fingerprint density at radius 3 is 0.917 bits per heavy atom. The Bertz CT molecular complexity index is 914. The summed E-state index contributed by atoms with van der Waals surface area (Å²) in [6.07, 6.45) is 0. The van der Waals surface area contributed by atoms with Crippen LogP contribution in [-0.2, 0) is 0 Å². The van der Waals surface area contributed by atoms with E-state index < -0.39 is 0 Å². The maximum absolute atomic E-state index is 4.75. The molecule has 0 atom stereocenters. The predicted molar refractivity (Wildman–Crippen MR) is 103 cm³/mol. The van der Waals surface area contributed by atoms with Crippen LogP contribution < -0.4 is 0 Å². The average Bonchev–Trinajstić information content (AvgIpc) is 2.62. The monoisotopic (exact) mass is 384 g/mol. The largest absolute Gasteiger partial charge is 0.236 e. The second-order valence-corrected chi connectivity index (χ2v) is 9.19. The van der Waals surface area contributed by atoms with Crippen LogP contribution in [0.2, 0.25) is 0 Å². The minimum Gasteiger partial charge on any atom is -0.236 e. The van der Waals surface area contributed by atoms with Crippen molar-refractivity contribution in [3.63, 3.8) is 0 Å². The first-order valence-corrected chi connectivity index (χ1v) is 11.4. The third-order valence-electron chi connectivity index (χ3n) is 3.42. The van der Waals surface area contributed by atoms with Crippen molar-refractivity contribution in [1.82, 2.24) is 19.9 Å². The molecule has 3 heterocycles. The van der Waals surface area contributed by atoms with Gasteiger partial charge < -0.3 is 0 Å². The molecule has 1 aliphatic rings. The molecule has 0 amide bonds. The Hall–Kier alpha value is -1.48. The van der Waals surface area contributed by atoms with Crippen molar-refractivity contribution in [3.8, 4) is 0 Å². The van der Waals surface area contributed by atoms with Crippen LogP contribution in [0.5, 0.6) is 0 Å². The molecule has 5 rings (SSSR count). The van der Waals surface area contributed by atoms with E-state index in [4.69, 9.17) is 19.9 Å². The number of nitrogens with zero attached hydrogens (tertiary/aromatic N) is 4. The lowest BCUT2D eigenvalue weighted by molar-refractivity contribution is 0.967. The summed E-state index contributed by atoms with van der Waals surface area (Å²) in [4.78, 5) is 19.0. The highest BCUT2D eigenvalue weighted by atomic mass is 33.1. The zero-order valence-electron chi connectivity index (χ0n) is 12.0. The fourth-order valence-corrected chi connectivity index (χ4v) is 7.11. The Balaban J connectivity index is 1.60. The lowest BCUT2D eigenvalue weighted by Crippen LogP contribution is -1.95. The van der Waals surface area contributed by atoms with Gasteiger partial charge in [0, 0.05) is 0 Å². The minimum atomic E-state index is 0.917. The van der Waals surface area contributed by atoms with Crippen molar-refractivity contribution >= 4 is 65.2 Å². The second-order valence-electron chi connectivity index (χ2n) is 4.98. The molecule has 8 heteroatoms. The van der Waals surface area contributed by atoms with Crippen LogP contribution in [0.3, 0.4) is 0 Å². The first-order chi connectivity index (χ1) is 11.9. The summed E-state index contributed by atoms with van der Waals surface area (Å²) in [6.45, 7) is 0. The third kappa shape index (κ3) is 2.63. The Morgan fingerprint density at radius 1 is 0.417 bits per heavy atom. The zero-order chi connectivity index (χ0) is 15.9. The topological polar surface area (TPSA) is 51.6 Å². The molecule has 0 radical (unpaired) electrons. The van der Waals surface area contributed by atoms with Crippen LogP contribution in [-0.4, -0.2) is 19.9 Å². The molecule has 24 heavy (non-hydrogen) atoms. The number of rotatable bonds is 0. The van der Waals surface area contributed by atoms with Crippen LogP contribution in [0.4, 0.5) is 0 Å². The van der Waals surface area contributed by atoms with Gasteiger partial charge in [0.05, 0.1) is 22.1 Å². The van der Waals surface area contributed by atoms with E-state index in [0.29, 0.717) is 0 Å². The van der Waals surface area contributed by atoms with Gasteiger partial charge in [-0.2, -0.15) is 0 Å². The summed E-state index contributed by atoms with van der Waals surface area (Å²) in [6, 6.07) is 15.9. The lowest BCUT2D eigenvalue weighted by atomic mass is 10.3. The molecule has 1 aliphatic heterocycles. The van der Waals surface area contributed by atoms with E-state index in [9.17, 15) is 0 Å². The smallest absolute Gasteiger partial charge is 0.141 e. The molecule has 0 spiro atoms. The fraction of sp³-hybridized carbons (Fsp3) is 0. The molecule has 2 aromatic heterocycles. The van der Waals surface area contributed by atoms with Gasteiger partial charge in [0.1, 0.15) is 20.1 Å². The number of hydrogen-bond donors (Lipinski definition) is 0. The SMILES string of the molecule is c1ccc2nc3c(nc2c1)SSc1nc2ccccc2nc1SS3. The molecule has 4 aromatic rings. The minimum absolute atomic E-state index is 0.917. The van der Waals surface area contributed by atoms with E-state index in [1.807, 2.05) is 48.5 Å². The van der Waals surface area contributed by atoms with Gasteiger partial charge in [-0.3, -0.25) is 0 Å². The highest BCUT2D eigenvalue weighted by Crippen LogP contribution is 2.51. The van der Waals surface area contributed by atoms with E-state index >= 15 is 0 Å². The molecule has 0 N–H and O–H groups in total. The van der Waals surface area contributed by atoms with Crippen molar-refractivity contribution in [2.45, 2.75) is 20.1 Å². The highest BCUT2D eigenvalue weighted by molar-refractivity contribution is 8.79. The third-order valence-corrected chi connectivity index (χ3v) is 8.01. The predicted octanol–water partition coefficient (Wildman–Crippen LogP) is 5.49. The van der Waals surface area contributed by atoms with Crippen LogP contribution >= 0.6 is 43.2 Å². The van der Waals surface area contributed by atoms with E-state index in [1.165, 1.54) is 0 Å². The molecule has 0 saturated carbocycles. The maximum atomic E-state index is 4.75. The first kappa shape index (κ1) is 14.8. The van der Waals surface area contributed by atoms with E-state index in [1.54, 1.807) is 43.2 Å². The maximum Gasteiger partial charge on any atom is 0.141 e. The molecule has 0 bridgehead atoms. The van der Waals surface area contributed by atoms with Crippen LogP contribution in [0.15, 0.2) is 68.6 Å². The molecule has 0 saturated heterocycles. The van der Waals surface area contributed by atoms with E-state index in [0.717, 1.165) is 42.2 Å². The molecule has 116 valence electrons. The number of aromatic nitrogens is 4. The van der Waals surface area contributed by atoms with Crippen molar-refractivity contribution in [3.05, 3.63) is 48.5 Å². The van der Waals surface area contributed by atoms with E-state index in [2.05, 4.69) is 0 Å². The normalized spacial score (nSPS) is 14.0. The summed E-state index contributed by atoms with van der Waals surface area (Å²) in [5.74, 6) is 0. The molecule has 0 unspecified atom stereocenters.